The summed E-state index contributed by atoms with van der Waals surface area (Å²) in [6, 6.07) is 7.70. The van der Waals surface area contributed by atoms with E-state index in [9.17, 15) is 0 Å². The quantitative estimate of drug-likeness (QED) is 0.703. The molecule has 2 heterocycles. The molecule has 18 heavy (non-hydrogen) atoms. The van der Waals surface area contributed by atoms with Crippen molar-refractivity contribution in [2.75, 3.05) is 0 Å². The van der Waals surface area contributed by atoms with E-state index in [1.165, 1.54) is 17.5 Å². The summed E-state index contributed by atoms with van der Waals surface area (Å²) < 4.78 is 6.27. The van der Waals surface area contributed by atoms with Crippen LogP contribution in [0.5, 0.6) is 5.75 Å². The molecule has 4 aliphatic rings. The van der Waals surface area contributed by atoms with Crippen LogP contribution < -0.4 is 10.1 Å². The van der Waals surface area contributed by atoms with E-state index >= 15 is 0 Å². The van der Waals surface area contributed by atoms with Gasteiger partial charge in [0.05, 0.1) is 0 Å². The van der Waals surface area contributed by atoms with Crippen LogP contribution in [0, 0.1) is 5.92 Å². The van der Waals surface area contributed by atoms with Crippen LogP contribution in [0.4, 0.5) is 0 Å². The van der Waals surface area contributed by atoms with Gasteiger partial charge in [0.2, 0.25) is 0 Å². The molecule has 2 aliphatic heterocycles. The Bertz CT molecular complexity index is 578. The number of benzene rings is 1. The van der Waals surface area contributed by atoms with E-state index in [0.717, 1.165) is 12.2 Å². The highest BCUT2D eigenvalue weighted by atomic mass is 16.5. The fourth-order valence-electron chi connectivity index (χ4n) is 5.01. The van der Waals surface area contributed by atoms with Crippen molar-refractivity contribution in [1.29, 1.82) is 0 Å². The highest BCUT2D eigenvalue weighted by molar-refractivity contribution is 5.58. The third-order valence-corrected chi connectivity index (χ3v) is 5.58. The van der Waals surface area contributed by atoms with Gasteiger partial charge in [0.1, 0.15) is 11.9 Å². The minimum absolute atomic E-state index is 0.274. The summed E-state index contributed by atoms with van der Waals surface area (Å²) in [4.78, 5) is 0. The first-order valence-corrected chi connectivity index (χ1v) is 7.03. The number of hydrogen-bond acceptors (Lipinski definition) is 2. The van der Waals surface area contributed by atoms with Crippen molar-refractivity contribution in [2.45, 2.75) is 43.4 Å². The first-order chi connectivity index (χ1) is 8.80. The minimum atomic E-state index is 0.274. The zero-order valence-electron chi connectivity index (χ0n) is 10.5. The molecular formula is C16H17NO. The van der Waals surface area contributed by atoms with Crippen molar-refractivity contribution in [3.05, 3.63) is 41.5 Å². The second kappa shape index (κ2) is 2.83. The molecule has 5 atom stereocenters. The van der Waals surface area contributed by atoms with Crippen molar-refractivity contribution in [1.82, 2.24) is 5.32 Å². The van der Waals surface area contributed by atoms with Crippen LogP contribution >= 0.6 is 0 Å². The van der Waals surface area contributed by atoms with Crippen molar-refractivity contribution < 1.29 is 4.74 Å². The summed E-state index contributed by atoms with van der Waals surface area (Å²) in [5.74, 6) is 1.75. The number of rotatable bonds is 0. The lowest BCUT2D eigenvalue weighted by atomic mass is 9.61. The molecule has 2 heteroatoms. The van der Waals surface area contributed by atoms with Gasteiger partial charge in [-0.25, -0.2) is 0 Å². The molecule has 5 unspecified atom stereocenters. The van der Waals surface area contributed by atoms with Crippen LogP contribution in [0.1, 0.15) is 36.9 Å². The molecule has 1 fully saturated rings. The predicted molar refractivity (Wildman–Crippen MR) is 69.7 cm³/mol. The Kier molecular flexibility index (Phi) is 1.51. The van der Waals surface area contributed by atoms with Gasteiger partial charge < -0.3 is 10.1 Å². The summed E-state index contributed by atoms with van der Waals surface area (Å²) >= 11 is 0. The maximum Gasteiger partial charge on any atom is 0.124 e. The molecule has 5 rings (SSSR count). The normalized spacial score (nSPS) is 45.8. The van der Waals surface area contributed by atoms with Gasteiger partial charge in [-0.3, -0.25) is 0 Å². The lowest BCUT2D eigenvalue weighted by molar-refractivity contribution is 0.0605. The third kappa shape index (κ3) is 0.832. The fourth-order valence-corrected chi connectivity index (χ4v) is 5.01. The van der Waals surface area contributed by atoms with Crippen LogP contribution in [-0.2, 0) is 5.41 Å². The van der Waals surface area contributed by atoms with E-state index in [2.05, 4.69) is 42.6 Å². The Morgan fingerprint density at radius 2 is 2.33 bits per heavy atom. The molecule has 2 aliphatic carbocycles. The van der Waals surface area contributed by atoms with Crippen LogP contribution in [0.2, 0.25) is 0 Å². The number of nitrogens with one attached hydrogen (secondary N) is 1. The molecule has 0 amide bonds. The summed E-state index contributed by atoms with van der Waals surface area (Å²) in [6.07, 6.45) is 7.43. The third-order valence-electron chi connectivity index (χ3n) is 5.58. The predicted octanol–water partition coefficient (Wildman–Crippen LogP) is 2.70. The van der Waals surface area contributed by atoms with Crippen molar-refractivity contribution in [2.24, 2.45) is 5.92 Å². The topological polar surface area (TPSA) is 21.3 Å². The second-order valence-corrected chi connectivity index (χ2v) is 6.27. The minimum Gasteiger partial charge on any atom is -0.489 e. The van der Waals surface area contributed by atoms with Gasteiger partial charge in [-0.2, -0.15) is 0 Å². The van der Waals surface area contributed by atoms with Gasteiger partial charge >= 0.3 is 0 Å². The first kappa shape index (κ1) is 9.62. The first-order valence-electron chi connectivity index (χ1n) is 7.03. The summed E-state index contributed by atoms with van der Waals surface area (Å²) in [7, 11) is 0. The molecule has 1 spiro atoms. The molecule has 1 aromatic carbocycles. The monoisotopic (exact) mass is 239 g/mol. The molecule has 0 radical (unpaired) electrons. The Morgan fingerprint density at radius 3 is 3.28 bits per heavy atom. The van der Waals surface area contributed by atoms with Gasteiger partial charge in [-0.1, -0.05) is 24.3 Å². The number of hydrogen-bond donors (Lipinski definition) is 1. The summed E-state index contributed by atoms with van der Waals surface area (Å²) in [6.45, 7) is 2.33. The van der Waals surface area contributed by atoms with Crippen molar-refractivity contribution in [3.63, 3.8) is 0 Å². The van der Waals surface area contributed by atoms with Gasteiger partial charge in [-0.05, 0) is 25.0 Å². The van der Waals surface area contributed by atoms with E-state index in [1.54, 1.807) is 0 Å². The van der Waals surface area contributed by atoms with Crippen molar-refractivity contribution >= 4 is 0 Å². The van der Waals surface area contributed by atoms with E-state index in [1.807, 2.05) is 0 Å². The molecule has 1 aromatic rings. The molecule has 0 aromatic heterocycles. The molecular weight excluding hydrogens is 222 g/mol. The fraction of sp³-hybridized carbons (Fsp3) is 0.500. The van der Waals surface area contributed by atoms with Gasteiger partial charge in [0.15, 0.2) is 0 Å². The number of piperidine rings is 1. The van der Waals surface area contributed by atoms with Gasteiger partial charge in [-0.15, -0.1) is 0 Å². The Labute approximate surface area is 107 Å². The lowest BCUT2D eigenvalue weighted by Crippen LogP contribution is -2.55. The van der Waals surface area contributed by atoms with E-state index in [0.29, 0.717) is 24.1 Å². The zero-order chi connectivity index (χ0) is 11.9. The largest absolute Gasteiger partial charge is 0.489 e. The maximum atomic E-state index is 6.27. The molecule has 1 saturated heterocycles. The molecule has 92 valence electrons. The maximum absolute atomic E-state index is 6.27. The number of fused-ring (bicyclic) bond motifs is 2. The SMILES string of the molecule is CC1NC2CC34c5c(cccc52)OC3CC=CC14. The van der Waals surface area contributed by atoms with Gasteiger partial charge in [0, 0.05) is 35.4 Å². The van der Waals surface area contributed by atoms with Crippen LogP contribution in [0.3, 0.4) is 0 Å². The number of ether oxygens (including phenoxy) is 1. The molecule has 0 saturated carbocycles. The average molecular weight is 239 g/mol. The van der Waals surface area contributed by atoms with Crippen LogP contribution in [0.25, 0.3) is 0 Å². The lowest BCUT2D eigenvalue weighted by Gasteiger charge is -2.47. The van der Waals surface area contributed by atoms with E-state index in [-0.39, 0.29) is 5.41 Å². The van der Waals surface area contributed by atoms with Crippen LogP contribution in [0.15, 0.2) is 30.4 Å². The average Bonchev–Trinajstić information content (AvgIpc) is 2.83. The Morgan fingerprint density at radius 1 is 1.39 bits per heavy atom. The van der Waals surface area contributed by atoms with Crippen LogP contribution in [-0.4, -0.2) is 12.1 Å². The second-order valence-electron chi connectivity index (χ2n) is 6.27. The smallest absolute Gasteiger partial charge is 0.124 e. The molecule has 2 bridgehead atoms. The van der Waals surface area contributed by atoms with E-state index in [4.69, 9.17) is 4.74 Å². The highest BCUT2D eigenvalue weighted by Gasteiger charge is 2.63. The summed E-state index contributed by atoms with van der Waals surface area (Å²) in [5, 5.41) is 3.80. The summed E-state index contributed by atoms with van der Waals surface area (Å²) in [5.41, 5.74) is 3.31. The highest BCUT2D eigenvalue weighted by Crippen LogP contribution is 2.64. The Hall–Kier alpha value is -1.28. The Balaban J connectivity index is 1.87. The zero-order valence-corrected chi connectivity index (χ0v) is 10.5. The molecule has 1 N–H and O–H groups in total. The molecule has 2 nitrogen and oxygen atoms in total. The standard InChI is InChI=1S/C16H17NO/c1-9-11-5-3-7-14-16(11)8-12(17-9)10-4-2-6-13(18-14)15(10)16/h2-6,9,11-12,14,17H,7-8H2,1H3. The van der Waals surface area contributed by atoms with Gasteiger partial charge in [0.25, 0.3) is 0 Å². The van der Waals surface area contributed by atoms with Crippen molar-refractivity contribution in [3.8, 4) is 5.75 Å². The van der Waals surface area contributed by atoms with E-state index < -0.39 is 0 Å².